The van der Waals surface area contributed by atoms with Crippen molar-refractivity contribution < 1.29 is 9.53 Å². The first kappa shape index (κ1) is 18.3. The average molecular weight is 375 g/mol. The van der Waals surface area contributed by atoms with Crippen LogP contribution in [-0.4, -0.2) is 22.7 Å². The quantitative estimate of drug-likeness (QED) is 0.697. The molecule has 0 aliphatic heterocycles. The Morgan fingerprint density at radius 3 is 2.57 bits per heavy atom. The van der Waals surface area contributed by atoms with Gasteiger partial charge in [-0.3, -0.25) is 4.79 Å². The van der Waals surface area contributed by atoms with E-state index in [0.717, 1.165) is 40.4 Å². The number of carbonyl (C=O) groups is 1. The number of ether oxygens (including phenoxy) is 1. The zero-order valence-electron chi connectivity index (χ0n) is 16.7. The number of ketones is 1. The smallest absolute Gasteiger partial charge is 0.168 e. The summed E-state index contributed by atoms with van der Waals surface area (Å²) in [4.78, 5) is 12.9. The van der Waals surface area contributed by atoms with E-state index >= 15 is 0 Å². The number of hydrogen-bond acceptors (Lipinski definition) is 4. The molecule has 0 unspecified atom stereocenters. The lowest BCUT2D eigenvalue weighted by Gasteiger charge is -2.19. The van der Waals surface area contributed by atoms with E-state index in [1.165, 1.54) is 5.56 Å². The standard InChI is InChI=1S/C23H25N3O2/c1-14-12-20-22(21(27)13-14)23(24-19-7-5-6-15(2)16(19)3)25-26(20)17-8-10-18(28-4)11-9-17/h5-11,14H,12-13H2,1-4H3,(H,24,25)/t14-/m0/s1. The molecule has 0 spiro atoms. The highest BCUT2D eigenvalue weighted by atomic mass is 16.5. The number of aryl methyl sites for hydroxylation is 1. The van der Waals surface area contributed by atoms with Crippen LogP contribution in [0.2, 0.25) is 0 Å². The fourth-order valence-electron chi connectivity index (χ4n) is 3.79. The summed E-state index contributed by atoms with van der Waals surface area (Å²) in [5.41, 5.74) is 5.96. The average Bonchev–Trinajstić information content (AvgIpc) is 3.04. The van der Waals surface area contributed by atoms with Crippen molar-refractivity contribution in [3.8, 4) is 11.4 Å². The lowest BCUT2D eigenvalue weighted by atomic mass is 9.87. The van der Waals surface area contributed by atoms with Crippen molar-refractivity contribution in [2.24, 2.45) is 5.92 Å². The summed E-state index contributed by atoms with van der Waals surface area (Å²) in [6.07, 6.45) is 1.39. The molecule has 0 amide bonds. The maximum absolute atomic E-state index is 12.9. The van der Waals surface area contributed by atoms with Gasteiger partial charge < -0.3 is 10.1 Å². The Bertz CT molecular complexity index is 1030. The van der Waals surface area contributed by atoms with Crippen molar-refractivity contribution in [3.63, 3.8) is 0 Å². The second kappa shape index (κ2) is 7.15. The molecule has 1 aromatic heterocycles. The molecule has 144 valence electrons. The molecular formula is C23H25N3O2. The van der Waals surface area contributed by atoms with Gasteiger partial charge in [0, 0.05) is 12.1 Å². The van der Waals surface area contributed by atoms with Gasteiger partial charge in [0.25, 0.3) is 0 Å². The third-order valence-electron chi connectivity index (χ3n) is 5.51. The molecule has 1 heterocycles. The fourth-order valence-corrected chi connectivity index (χ4v) is 3.79. The summed E-state index contributed by atoms with van der Waals surface area (Å²) in [7, 11) is 1.65. The van der Waals surface area contributed by atoms with E-state index in [9.17, 15) is 4.79 Å². The molecule has 0 bridgehead atoms. The van der Waals surface area contributed by atoms with Crippen molar-refractivity contribution in [1.29, 1.82) is 0 Å². The summed E-state index contributed by atoms with van der Waals surface area (Å²) in [6.45, 7) is 6.28. The summed E-state index contributed by atoms with van der Waals surface area (Å²) >= 11 is 0. The molecule has 5 nitrogen and oxygen atoms in total. The van der Waals surface area contributed by atoms with Gasteiger partial charge in [0.05, 0.1) is 24.1 Å². The van der Waals surface area contributed by atoms with Crippen LogP contribution >= 0.6 is 0 Å². The topological polar surface area (TPSA) is 56.1 Å². The molecule has 4 rings (SSSR count). The minimum Gasteiger partial charge on any atom is -0.497 e. The van der Waals surface area contributed by atoms with Gasteiger partial charge in [-0.2, -0.15) is 0 Å². The highest BCUT2D eigenvalue weighted by Gasteiger charge is 2.31. The first-order valence-electron chi connectivity index (χ1n) is 9.60. The van der Waals surface area contributed by atoms with E-state index in [-0.39, 0.29) is 5.78 Å². The summed E-state index contributed by atoms with van der Waals surface area (Å²) < 4.78 is 7.16. The molecule has 1 N–H and O–H groups in total. The Kier molecular flexibility index (Phi) is 4.67. The monoisotopic (exact) mass is 375 g/mol. The van der Waals surface area contributed by atoms with Crippen LogP contribution < -0.4 is 10.1 Å². The van der Waals surface area contributed by atoms with E-state index in [1.807, 2.05) is 41.1 Å². The van der Waals surface area contributed by atoms with Crippen LogP contribution in [0.3, 0.4) is 0 Å². The van der Waals surface area contributed by atoms with Gasteiger partial charge in [0.1, 0.15) is 5.75 Å². The molecule has 28 heavy (non-hydrogen) atoms. The number of hydrogen-bond donors (Lipinski definition) is 1. The molecule has 1 aliphatic carbocycles. The van der Waals surface area contributed by atoms with E-state index in [2.05, 4.69) is 32.2 Å². The maximum Gasteiger partial charge on any atom is 0.168 e. The van der Waals surface area contributed by atoms with Crippen molar-refractivity contribution in [1.82, 2.24) is 9.78 Å². The van der Waals surface area contributed by atoms with E-state index in [0.29, 0.717) is 18.2 Å². The second-order valence-corrected chi connectivity index (χ2v) is 7.59. The number of methoxy groups -OCH3 is 1. The van der Waals surface area contributed by atoms with Gasteiger partial charge in [0.2, 0.25) is 0 Å². The van der Waals surface area contributed by atoms with Crippen LogP contribution in [0, 0.1) is 19.8 Å². The van der Waals surface area contributed by atoms with E-state index in [4.69, 9.17) is 9.84 Å². The lowest BCUT2D eigenvalue weighted by molar-refractivity contribution is 0.0953. The number of benzene rings is 2. The Balaban J connectivity index is 1.83. The highest BCUT2D eigenvalue weighted by Crippen LogP contribution is 2.34. The number of fused-ring (bicyclic) bond motifs is 1. The van der Waals surface area contributed by atoms with Crippen molar-refractivity contribution in [2.45, 2.75) is 33.6 Å². The highest BCUT2D eigenvalue weighted by molar-refractivity contribution is 6.03. The van der Waals surface area contributed by atoms with Gasteiger partial charge >= 0.3 is 0 Å². The van der Waals surface area contributed by atoms with E-state index < -0.39 is 0 Å². The van der Waals surface area contributed by atoms with Crippen molar-refractivity contribution in [3.05, 3.63) is 64.8 Å². The van der Waals surface area contributed by atoms with Crippen LogP contribution in [0.4, 0.5) is 11.5 Å². The summed E-state index contributed by atoms with van der Waals surface area (Å²) in [6, 6.07) is 13.9. The molecule has 1 aliphatic rings. The van der Waals surface area contributed by atoms with Crippen LogP contribution in [0.1, 0.15) is 40.5 Å². The Hall–Kier alpha value is -3.08. The largest absolute Gasteiger partial charge is 0.497 e. The van der Waals surface area contributed by atoms with Crippen LogP contribution in [0.5, 0.6) is 5.75 Å². The molecule has 0 fully saturated rings. The minimum absolute atomic E-state index is 0.154. The van der Waals surface area contributed by atoms with Gasteiger partial charge in [-0.05, 0) is 67.6 Å². The van der Waals surface area contributed by atoms with Crippen LogP contribution in [0.25, 0.3) is 5.69 Å². The third kappa shape index (κ3) is 3.17. The first-order chi connectivity index (χ1) is 13.5. The Morgan fingerprint density at radius 2 is 1.86 bits per heavy atom. The van der Waals surface area contributed by atoms with E-state index in [1.54, 1.807) is 7.11 Å². The predicted octanol–water partition coefficient (Wildman–Crippen LogP) is 5.01. The SMILES string of the molecule is COc1ccc(-n2nc(Nc3cccc(C)c3C)c3c2C[C@H](C)CC3=O)cc1. The third-order valence-corrected chi connectivity index (χ3v) is 5.51. The number of anilines is 2. The number of carbonyl (C=O) groups excluding carboxylic acids is 1. The molecule has 1 atom stereocenters. The molecule has 2 aromatic carbocycles. The van der Waals surface area contributed by atoms with Crippen molar-refractivity contribution >= 4 is 17.3 Å². The molecule has 0 saturated heterocycles. The van der Waals surface area contributed by atoms with Gasteiger partial charge in [0.15, 0.2) is 11.6 Å². The number of nitrogens with one attached hydrogen (secondary N) is 1. The second-order valence-electron chi connectivity index (χ2n) is 7.59. The number of Topliss-reactive ketones (excluding diaryl/α,β-unsaturated/α-hetero) is 1. The summed E-state index contributed by atoms with van der Waals surface area (Å²) in [5.74, 6) is 1.89. The van der Waals surface area contributed by atoms with Gasteiger partial charge in [-0.1, -0.05) is 19.1 Å². The Morgan fingerprint density at radius 1 is 1.11 bits per heavy atom. The first-order valence-corrected chi connectivity index (χ1v) is 9.60. The lowest BCUT2D eigenvalue weighted by Crippen LogP contribution is -2.19. The number of rotatable bonds is 4. The molecule has 0 radical (unpaired) electrons. The van der Waals surface area contributed by atoms with Crippen LogP contribution in [-0.2, 0) is 6.42 Å². The predicted molar refractivity (Wildman–Crippen MR) is 111 cm³/mol. The molecule has 0 saturated carbocycles. The van der Waals surface area contributed by atoms with Gasteiger partial charge in [-0.25, -0.2) is 4.68 Å². The Labute approximate surface area is 165 Å². The zero-order chi connectivity index (χ0) is 19.8. The molecular weight excluding hydrogens is 350 g/mol. The summed E-state index contributed by atoms with van der Waals surface area (Å²) in [5, 5.41) is 8.23. The zero-order valence-corrected chi connectivity index (χ0v) is 16.7. The van der Waals surface area contributed by atoms with Gasteiger partial charge in [-0.15, -0.1) is 5.10 Å². The number of nitrogens with zero attached hydrogens (tertiary/aromatic N) is 2. The van der Waals surface area contributed by atoms with Crippen molar-refractivity contribution in [2.75, 3.05) is 12.4 Å². The molecule has 5 heteroatoms. The number of aromatic nitrogens is 2. The van der Waals surface area contributed by atoms with Crippen LogP contribution in [0.15, 0.2) is 42.5 Å². The molecule has 3 aromatic rings. The minimum atomic E-state index is 0.154. The normalized spacial score (nSPS) is 16.0. The maximum atomic E-state index is 12.9. The fraction of sp³-hybridized carbons (Fsp3) is 0.304.